The van der Waals surface area contributed by atoms with Crippen LogP contribution in [-0.2, 0) is 17.9 Å². The Morgan fingerprint density at radius 2 is 1.89 bits per heavy atom. The number of allylic oxidation sites excluding steroid dienone is 1. The summed E-state index contributed by atoms with van der Waals surface area (Å²) in [7, 11) is 0. The van der Waals surface area contributed by atoms with Gasteiger partial charge in [0, 0.05) is 19.1 Å². The van der Waals surface area contributed by atoms with Crippen LogP contribution in [0.25, 0.3) is 11.0 Å². The monoisotopic (exact) mass is 370 g/mol. The molecule has 144 valence electrons. The van der Waals surface area contributed by atoms with E-state index in [4.69, 9.17) is 0 Å². The number of carbonyl (C=O) groups is 1. The molecule has 1 fully saturated rings. The summed E-state index contributed by atoms with van der Waals surface area (Å²) >= 11 is 0. The Morgan fingerprint density at radius 1 is 1.22 bits per heavy atom. The lowest BCUT2D eigenvalue weighted by atomic mass is 10.2. The second kappa shape index (κ2) is 8.35. The van der Waals surface area contributed by atoms with E-state index in [1.165, 1.54) is 9.13 Å². The lowest BCUT2D eigenvalue weighted by molar-refractivity contribution is -0.121. The number of para-hydroxylation sites is 2. The van der Waals surface area contributed by atoms with Crippen molar-refractivity contribution >= 4 is 16.9 Å². The Balaban J connectivity index is 1.84. The molecule has 3 rings (SSSR count). The van der Waals surface area contributed by atoms with Gasteiger partial charge < -0.3 is 5.32 Å². The maximum Gasteiger partial charge on any atom is 0.317 e. The van der Waals surface area contributed by atoms with Crippen molar-refractivity contribution in [3.05, 3.63) is 57.6 Å². The smallest absolute Gasteiger partial charge is 0.317 e. The standard InChI is InChI=1S/C20H26N4O3/c1-3-11-23-16-9-5-6-10-17(16)24(20(27)19(23)26)14-18(25)21-13-15-8-7-12-22(15)4-2/h3,5-6,9-10,15H,1,4,7-8,11-14H2,2H3,(H,21,25). The van der Waals surface area contributed by atoms with Crippen molar-refractivity contribution in [2.45, 2.75) is 38.9 Å². The van der Waals surface area contributed by atoms with Gasteiger partial charge in [-0.2, -0.15) is 0 Å². The van der Waals surface area contributed by atoms with Gasteiger partial charge in [-0.15, -0.1) is 6.58 Å². The molecule has 0 saturated carbocycles. The van der Waals surface area contributed by atoms with Crippen LogP contribution in [0, 0.1) is 0 Å². The van der Waals surface area contributed by atoms with Crippen LogP contribution in [0.3, 0.4) is 0 Å². The molecule has 1 aliphatic heterocycles. The highest BCUT2D eigenvalue weighted by atomic mass is 16.2. The SMILES string of the molecule is C=CCn1c(=O)c(=O)n(CC(=O)NCC2CCCN2CC)c2ccccc21. The Hall–Kier alpha value is -2.67. The molecule has 1 aromatic carbocycles. The lowest BCUT2D eigenvalue weighted by Crippen LogP contribution is -2.45. The van der Waals surface area contributed by atoms with Gasteiger partial charge in [0.25, 0.3) is 0 Å². The number of likely N-dealkylation sites (tertiary alicyclic amines) is 1. The number of hydrogen-bond donors (Lipinski definition) is 1. The van der Waals surface area contributed by atoms with Crippen molar-refractivity contribution in [2.75, 3.05) is 19.6 Å². The molecule has 1 aliphatic rings. The first-order valence-electron chi connectivity index (χ1n) is 9.40. The molecule has 2 heterocycles. The van der Waals surface area contributed by atoms with Gasteiger partial charge in [0.1, 0.15) is 6.54 Å². The summed E-state index contributed by atoms with van der Waals surface area (Å²) in [6.45, 7) is 8.42. The van der Waals surface area contributed by atoms with E-state index in [-0.39, 0.29) is 19.0 Å². The molecule has 2 aromatic rings. The fraction of sp³-hybridized carbons (Fsp3) is 0.450. The molecule has 1 N–H and O–H groups in total. The molecule has 1 amide bonds. The minimum absolute atomic E-state index is 0.164. The molecule has 0 aliphatic carbocycles. The van der Waals surface area contributed by atoms with Crippen LogP contribution in [-0.4, -0.2) is 45.6 Å². The van der Waals surface area contributed by atoms with E-state index < -0.39 is 11.1 Å². The summed E-state index contributed by atoms with van der Waals surface area (Å²) in [6.07, 6.45) is 3.78. The summed E-state index contributed by atoms with van der Waals surface area (Å²) in [5.74, 6) is -0.258. The van der Waals surface area contributed by atoms with E-state index in [9.17, 15) is 14.4 Å². The van der Waals surface area contributed by atoms with Gasteiger partial charge in [0.15, 0.2) is 0 Å². The first-order chi connectivity index (χ1) is 13.1. The fourth-order valence-electron chi connectivity index (χ4n) is 3.81. The van der Waals surface area contributed by atoms with Crippen molar-refractivity contribution in [2.24, 2.45) is 0 Å². The number of likely N-dealkylation sites (N-methyl/N-ethyl adjacent to an activating group) is 1. The molecule has 0 radical (unpaired) electrons. The molecule has 0 spiro atoms. The van der Waals surface area contributed by atoms with Gasteiger partial charge in [0.05, 0.1) is 11.0 Å². The minimum atomic E-state index is -0.693. The van der Waals surface area contributed by atoms with E-state index in [0.29, 0.717) is 23.6 Å². The van der Waals surface area contributed by atoms with E-state index in [1.807, 2.05) is 0 Å². The third-order valence-corrected chi connectivity index (χ3v) is 5.19. The number of amides is 1. The topological polar surface area (TPSA) is 76.3 Å². The summed E-state index contributed by atoms with van der Waals surface area (Å²) < 4.78 is 2.65. The molecule has 1 aromatic heterocycles. The molecule has 1 saturated heterocycles. The zero-order valence-electron chi connectivity index (χ0n) is 15.7. The molecule has 1 atom stereocenters. The van der Waals surface area contributed by atoms with Gasteiger partial charge >= 0.3 is 11.1 Å². The second-order valence-corrected chi connectivity index (χ2v) is 6.81. The van der Waals surface area contributed by atoms with Crippen molar-refractivity contribution < 1.29 is 4.79 Å². The number of aromatic nitrogens is 2. The third-order valence-electron chi connectivity index (χ3n) is 5.19. The first kappa shape index (κ1) is 19.1. The maximum absolute atomic E-state index is 12.6. The quantitative estimate of drug-likeness (QED) is 0.582. The highest BCUT2D eigenvalue weighted by Gasteiger charge is 2.23. The normalized spacial score (nSPS) is 17.3. The number of nitrogens with zero attached hydrogens (tertiary/aromatic N) is 3. The van der Waals surface area contributed by atoms with Crippen molar-refractivity contribution in [1.29, 1.82) is 0 Å². The molecular formula is C20H26N4O3. The van der Waals surface area contributed by atoms with Crippen LogP contribution in [0.1, 0.15) is 19.8 Å². The van der Waals surface area contributed by atoms with Crippen LogP contribution in [0.2, 0.25) is 0 Å². The molecular weight excluding hydrogens is 344 g/mol. The van der Waals surface area contributed by atoms with E-state index in [2.05, 4.69) is 23.7 Å². The second-order valence-electron chi connectivity index (χ2n) is 6.81. The largest absolute Gasteiger partial charge is 0.353 e. The molecule has 27 heavy (non-hydrogen) atoms. The number of rotatable bonds is 7. The van der Waals surface area contributed by atoms with Gasteiger partial charge in [-0.05, 0) is 38.1 Å². The van der Waals surface area contributed by atoms with Gasteiger partial charge in [-0.1, -0.05) is 25.1 Å². The zero-order valence-corrected chi connectivity index (χ0v) is 15.7. The van der Waals surface area contributed by atoms with Crippen LogP contribution in [0.15, 0.2) is 46.5 Å². The van der Waals surface area contributed by atoms with Crippen LogP contribution < -0.4 is 16.4 Å². The van der Waals surface area contributed by atoms with Crippen molar-refractivity contribution in [3.63, 3.8) is 0 Å². The molecule has 1 unspecified atom stereocenters. The van der Waals surface area contributed by atoms with Gasteiger partial charge in [0.2, 0.25) is 5.91 Å². The van der Waals surface area contributed by atoms with Crippen LogP contribution in [0.5, 0.6) is 0 Å². The van der Waals surface area contributed by atoms with Crippen LogP contribution in [0.4, 0.5) is 0 Å². The van der Waals surface area contributed by atoms with Crippen molar-refractivity contribution in [1.82, 2.24) is 19.4 Å². The zero-order chi connectivity index (χ0) is 19.4. The number of nitrogens with one attached hydrogen (secondary N) is 1. The maximum atomic E-state index is 12.6. The predicted molar refractivity (Wildman–Crippen MR) is 106 cm³/mol. The van der Waals surface area contributed by atoms with Gasteiger partial charge in [-0.25, -0.2) is 0 Å². The number of benzene rings is 1. The Kier molecular flexibility index (Phi) is 5.91. The Morgan fingerprint density at radius 3 is 2.56 bits per heavy atom. The average Bonchev–Trinajstić information content (AvgIpc) is 3.14. The lowest BCUT2D eigenvalue weighted by Gasteiger charge is -2.23. The number of fused-ring (bicyclic) bond motifs is 1. The van der Waals surface area contributed by atoms with E-state index in [1.54, 1.807) is 30.3 Å². The van der Waals surface area contributed by atoms with Gasteiger partial charge in [-0.3, -0.25) is 28.4 Å². The highest BCUT2D eigenvalue weighted by molar-refractivity contribution is 5.80. The third kappa shape index (κ3) is 3.88. The first-order valence-corrected chi connectivity index (χ1v) is 9.40. The average molecular weight is 370 g/mol. The fourth-order valence-corrected chi connectivity index (χ4v) is 3.81. The molecule has 7 heteroatoms. The predicted octanol–water partition coefficient (Wildman–Crippen LogP) is 0.950. The van der Waals surface area contributed by atoms with Crippen molar-refractivity contribution in [3.8, 4) is 0 Å². The van der Waals surface area contributed by atoms with E-state index in [0.717, 1.165) is 25.9 Å². The Bertz CT molecular complexity index is 960. The molecule has 7 nitrogen and oxygen atoms in total. The van der Waals surface area contributed by atoms with Crippen LogP contribution >= 0.6 is 0 Å². The number of carbonyl (C=O) groups excluding carboxylic acids is 1. The van der Waals surface area contributed by atoms with E-state index >= 15 is 0 Å². The summed E-state index contributed by atoms with van der Waals surface area (Å²) in [4.78, 5) is 39.9. The summed E-state index contributed by atoms with van der Waals surface area (Å²) in [5.41, 5.74) is -0.158. The summed E-state index contributed by atoms with van der Waals surface area (Å²) in [5, 5.41) is 2.92. The Labute approximate surface area is 157 Å². The minimum Gasteiger partial charge on any atom is -0.353 e. The molecule has 0 bridgehead atoms. The summed E-state index contributed by atoms with van der Waals surface area (Å²) in [6, 6.07) is 7.45. The number of hydrogen-bond acceptors (Lipinski definition) is 4. The highest BCUT2D eigenvalue weighted by Crippen LogP contribution is 2.15.